The monoisotopic (exact) mass is 533 g/mol. The maximum Gasteiger partial charge on any atom is 0.276 e. The average Bonchev–Trinajstić information content (AvgIpc) is 3.41. The van der Waals surface area contributed by atoms with Crippen LogP contribution in [0.15, 0.2) is 126 Å². The van der Waals surface area contributed by atoms with Gasteiger partial charge in [-0.25, -0.2) is 0 Å². The van der Waals surface area contributed by atoms with Crippen LogP contribution in [0.2, 0.25) is 5.02 Å². The number of hydrogen-bond acceptors (Lipinski definition) is 4. The molecule has 7 nitrogen and oxygen atoms in total. The Hall–Kier alpha value is -5.01. The summed E-state index contributed by atoms with van der Waals surface area (Å²) in [6.45, 7) is 0. The Labute approximate surface area is 229 Å². The maximum absolute atomic E-state index is 14.3. The molecular formula is C31H20ClN3O4. The molecule has 0 spiro atoms. The van der Waals surface area contributed by atoms with Gasteiger partial charge >= 0.3 is 0 Å². The largest absolute Gasteiger partial charge is 0.295 e. The second-order valence-corrected chi connectivity index (χ2v) is 9.51. The van der Waals surface area contributed by atoms with Crippen molar-refractivity contribution in [3.05, 3.63) is 152 Å². The van der Waals surface area contributed by atoms with E-state index in [4.69, 9.17) is 11.6 Å². The van der Waals surface area contributed by atoms with Gasteiger partial charge < -0.3 is 0 Å². The van der Waals surface area contributed by atoms with Gasteiger partial charge in [-0.1, -0.05) is 72.3 Å². The van der Waals surface area contributed by atoms with E-state index in [1.165, 1.54) is 17.0 Å². The molecule has 0 fully saturated rings. The fourth-order valence-corrected chi connectivity index (χ4v) is 5.27. The summed E-state index contributed by atoms with van der Waals surface area (Å²) in [5, 5.41) is 12.3. The molecule has 4 aromatic rings. The molecule has 2 amide bonds. The second-order valence-electron chi connectivity index (χ2n) is 9.08. The lowest BCUT2D eigenvalue weighted by atomic mass is 9.92. The number of nitro benzene ring substituents is 1. The zero-order chi connectivity index (χ0) is 27.1. The molecule has 0 saturated carbocycles. The topological polar surface area (TPSA) is 83.8 Å². The first kappa shape index (κ1) is 24.3. The molecule has 39 heavy (non-hydrogen) atoms. The number of hydrogen-bond donors (Lipinski definition) is 0. The molecule has 2 heterocycles. The van der Waals surface area contributed by atoms with Crippen molar-refractivity contribution in [2.24, 2.45) is 0 Å². The van der Waals surface area contributed by atoms with E-state index in [0.29, 0.717) is 22.0 Å². The Kier molecular flexibility index (Phi) is 6.05. The van der Waals surface area contributed by atoms with Crippen LogP contribution in [0, 0.1) is 10.1 Å². The third-order valence-corrected chi connectivity index (χ3v) is 7.08. The molecule has 190 valence electrons. The van der Waals surface area contributed by atoms with Crippen LogP contribution in [0.25, 0.3) is 6.08 Å². The van der Waals surface area contributed by atoms with E-state index in [-0.39, 0.29) is 28.4 Å². The van der Waals surface area contributed by atoms with Gasteiger partial charge in [0.15, 0.2) is 0 Å². The molecule has 2 aliphatic rings. The van der Waals surface area contributed by atoms with Crippen molar-refractivity contribution in [2.75, 3.05) is 9.80 Å². The Balaban J connectivity index is 1.63. The minimum atomic E-state index is -0.668. The number of anilines is 2. The minimum Gasteiger partial charge on any atom is -0.295 e. The number of nitro groups is 1. The van der Waals surface area contributed by atoms with Crippen molar-refractivity contribution in [1.82, 2.24) is 0 Å². The molecule has 0 N–H and O–H groups in total. The lowest BCUT2D eigenvalue weighted by Crippen LogP contribution is -2.38. The van der Waals surface area contributed by atoms with E-state index in [1.807, 2.05) is 48.5 Å². The van der Waals surface area contributed by atoms with Gasteiger partial charge in [0.05, 0.1) is 16.5 Å². The highest BCUT2D eigenvalue weighted by atomic mass is 35.5. The summed E-state index contributed by atoms with van der Waals surface area (Å²) in [5.41, 5.74) is 2.99. The van der Waals surface area contributed by atoms with E-state index in [1.54, 1.807) is 59.5 Å². The number of halogens is 1. The van der Waals surface area contributed by atoms with Gasteiger partial charge in [0.1, 0.15) is 5.70 Å². The van der Waals surface area contributed by atoms with Crippen LogP contribution in [0.1, 0.15) is 17.2 Å². The third kappa shape index (κ3) is 4.09. The summed E-state index contributed by atoms with van der Waals surface area (Å²) in [6.07, 6.45) is 1.52. The fourth-order valence-electron chi connectivity index (χ4n) is 5.14. The van der Waals surface area contributed by atoms with E-state index < -0.39 is 16.9 Å². The van der Waals surface area contributed by atoms with Crippen LogP contribution in [0.3, 0.4) is 0 Å². The predicted molar refractivity (Wildman–Crippen MR) is 150 cm³/mol. The Morgan fingerprint density at radius 2 is 1.33 bits per heavy atom. The van der Waals surface area contributed by atoms with Gasteiger partial charge in [-0.05, 0) is 54.1 Å². The number of carbonyl (C=O) groups is 2. The number of amides is 2. The SMILES string of the molecule is O=C1C(=Cc2ccccc2[N+](=O)[O-])C2=C(C(=O)N(c3ccccc3)C2c2ccc(Cl)cc2)N1c1ccccc1. The van der Waals surface area contributed by atoms with Crippen LogP contribution < -0.4 is 9.80 Å². The molecule has 0 aromatic heterocycles. The number of para-hydroxylation sites is 3. The highest BCUT2D eigenvalue weighted by molar-refractivity contribution is 6.31. The van der Waals surface area contributed by atoms with Gasteiger partial charge in [0, 0.05) is 33.6 Å². The molecule has 4 aromatic carbocycles. The highest BCUT2D eigenvalue weighted by Gasteiger charge is 2.52. The summed E-state index contributed by atoms with van der Waals surface area (Å²) in [7, 11) is 0. The molecule has 0 radical (unpaired) electrons. The molecule has 1 atom stereocenters. The smallest absolute Gasteiger partial charge is 0.276 e. The van der Waals surface area contributed by atoms with Crippen LogP contribution >= 0.6 is 11.6 Å². The highest BCUT2D eigenvalue weighted by Crippen LogP contribution is 2.51. The summed E-state index contributed by atoms with van der Waals surface area (Å²) in [4.78, 5) is 42.7. The molecule has 0 aliphatic carbocycles. The molecule has 6 rings (SSSR count). The van der Waals surface area contributed by atoms with Gasteiger partial charge in [0.25, 0.3) is 17.5 Å². The standard InChI is InChI=1S/C31H20ClN3O4/c32-22-17-15-20(16-18-22)28-27-25(19-21-9-7-8-14-26(21)35(38)39)30(36)34(24-12-5-2-6-13-24)29(27)31(37)33(28)23-10-3-1-4-11-23/h1-19,28H. The first-order chi connectivity index (χ1) is 19.0. The zero-order valence-corrected chi connectivity index (χ0v) is 21.2. The maximum atomic E-state index is 14.3. The first-order valence-corrected chi connectivity index (χ1v) is 12.6. The van der Waals surface area contributed by atoms with E-state index in [9.17, 15) is 19.7 Å². The van der Waals surface area contributed by atoms with Gasteiger partial charge in [-0.15, -0.1) is 0 Å². The van der Waals surface area contributed by atoms with E-state index in [2.05, 4.69) is 0 Å². The van der Waals surface area contributed by atoms with Gasteiger partial charge in [0.2, 0.25) is 0 Å². The van der Waals surface area contributed by atoms with Crippen molar-refractivity contribution < 1.29 is 14.5 Å². The zero-order valence-electron chi connectivity index (χ0n) is 20.4. The number of carbonyl (C=O) groups excluding carboxylic acids is 2. The van der Waals surface area contributed by atoms with Crippen LogP contribution in [0.5, 0.6) is 0 Å². The Morgan fingerprint density at radius 3 is 1.97 bits per heavy atom. The summed E-state index contributed by atoms with van der Waals surface area (Å²) >= 11 is 6.19. The fraction of sp³-hybridized carbons (Fsp3) is 0.0323. The van der Waals surface area contributed by atoms with Crippen LogP contribution in [0.4, 0.5) is 17.1 Å². The Bertz CT molecular complexity index is 1680. The van der Waals surface area contributed by atoms with Crippen molar-refractivity contribution in [2.45, 2.75) is 6.04 Å². The van der Waals surface area contributed by atoms with Crippen molar-refractivity contribution in [1.29, 1.82) is 0 Å². The average molecular weight is 534 g/mol. The molecule has 0 bridgehead atoms. The summed E-state index contributed by atoms with van der Waals surface area (Å²) < 4.78 is 0. The molecule has 1 unspecified atom stereocenters. The summed E-state index contributed by atoms with van der Waals surface area (Å²) in [6, 6.07) is 30.8. The third-order valence-electron chi connectivity index (χ3n) is 6.82. The number of rotatable bonds is 5. The van der Waals surface area contributed by atoms with Crippen LogP contribution in [-0.2, 0) is 9.59 Å². The van der Waals surface area contributed by atoms with Gasteiger partial charge in [-0.3, -0.25) is 29.5 Å². The van der Waals surface area contributed by atoms with Crippen molar-refractivity contribution in [3.63, 3.8) is 0 Å². The lowest BCUT2D eigenvalue weighted by molar-refractivity contribution is -0.385. The van der Waals surface area contributed by atoms with Crippen molar-refractivity contribution in [3.8, 4) is 0 Å². The number of benzene rings is 4. The van der Waals surface area contributed by atoms with Crippen molar-refractivity contribution >= 4 is 46.6 Å². The normalized spacial score (nSPS) is 17.8. The van der Waals surface area contributed by atoms with E-state index >= 15 is 0 Å². The lowest BCUT2D eigenvalue weighted by Gasteiger charge is -2.30. The number of nitrogens with zero attached hydrogens (tertiary/aromatic N) is 3. The molecule has 8 heteroatoms. The molecular weight excluding hydrogens is 514 g/mol. The molecule has 2 aliphatic heterocycles. The minimum absolute atomic E-state index is 0.134. The van der Waals surface area contributed by atoms with Crippen LogP contribution in [-0.4, -0.2) is 16.7 Å². The predicted octanol–water partition coefficient (Wildman–Crippen LogP) is 6.72. The summed E-state index contributed by atoms with van der Waals surface area (Å²) in [5.74, 6) is -0.774. The Morgan fingerprint density at radius 1 is 0.744 bits per heavy atom. The molecule has 0 saturated heterocycles. The van der Waals surface area contributed by atoms with E-state index in [0.717, 1.165) is 5.56 Å². The quantitative estimate of drug-likeness (QED) is 0.162. The van der Waals surface area contributed by atoms with Gasteiger partial charge in [-0.2, -0.15) is 0 Å². The second kappa shape index (κ2) is 9.70. The first-order valence-electron chi connectivity index (χ1n) is 12.2.